The van der Waals surface area contributed by atoms with Crippen LogP contribution in [0.25, 0.3) is 0 Å². The summed E-state index contributed by atoms with van der Waals surface area (Å²) in [6.07, 6.45) is 1.45. The average Bonchev–Trinajstić information content (AvgIpc) is 2.56. The Morgan fingerprint density at radius 3 is 2.40 bits per heavy atom. The third-order valence-electron chi connectivity index (χ3n) is 3.93. The Bertz CT molecular complexity index is 899. The number of amides is 1. The molecule has 3 rings (SSSR count). The molecule has 2 aromatic carbocycles. The van der Waals surface area contributed by atoms with Gasteiger partial charge in [-0.15, -0.1) is 0 Å². The topological polar surface area (TPSA) is 66.5 Å². The van der Waals surface area contributed by atoms with E-state index in [9.17, 15) is 13.2 Å². The molecule has 0 bridgehead atoms. The van der Waals surface area contributed by atoms with E-state index in [-0.39, 0.29) is 16.7 Å². The first kappa shape index (κ1) is 18.0. The van der Waals surface area contributed by atoms with Crippen LogP contribution in [0.1, 0.15) is 23.2 Å². The highest BCUT2D eigenvalue weighted by atomic mass is 35.5. The SMILES string of the molecule is O=C(Nc1ccc(N2CCCCS2(=O)=O)c(Cl)c1)c1ccc(Cl)cc1. The minimum atomic E-state index is -3.33. The molecule has 0 unspecified atom stereocenters. The predicted molar refractivity (Wildman–Crippen MR) is 101 cm³/mol. The summed E-state index contributed by atoms with van der Waals surface area (Å²) in [5.74, 6) is -0.177. The van der Waals surface area contributed by atoms with Gasteiger partial charge in [-0.3, -0.25) is 9.10 Å². The smallest absolute Gasteiger partial charge is 0.255 e. The van der Waals surface area contributed by atoms with E-state index in [0.29, 0.717) is 34.9 Å². The van der Waals surface area contributed by atoms with Gasteiger partial charge in [0.25, 0.3) is 5.91 Å². The van der Waals surface area contributed by atoms with Crippen molar-refractivity contribution in [2.75, 3.05) is 21.9 Å². The molecule has 1 saturated heterocycles. The first-order valence-electron chi connectivity index (χ1n) is 7.74. The van der Waals surface area contributed by atoms with Crippen molar-refractivity contribution < 1.29 is 13.2 Å². The molecular formula is C17H16Cl2N2O3S. The van der Waals surface area contributed by atoms with E-state index >= 15 is 0 Å². The third-order valence-corrected chi connectivity index (χ3v) is 6.34. The van der Waals surface area contributed by atoms with E-state index in [1.165, 1.54) is 4.31 Å². The summed E-state index contributed by atoms with van der Waals surface area (Å²) in [6.45, 7) is 0.415. The lowest BCUT2D eigenvalue weighted by Gasteiger charge is -2.29. The number of nitrogens with one attached hydrogen (secondary N) is 1. The number of hydrogen-bond acceptors (Lipinski definition) is 3. The summed E-state index contributed by atoms with van der Waals surface area (Å²) in [7, 11) is -3.33. The molecule has 0 radical (unpaired) electrons. The van der Waals surface area contributed by atoms with Crippen LogP contribution in [0.15, 0.2) is 42.5 Å². The highest BCUT2D eigenvalue weighted by Crippen LogP contribution is 2.32. The second kappa shape index (κ2) is 7.23. The Balaban J connectivity index is 1.80. The number of sulfonamides is 1. The Kier molecular flexibility index (Phi) is 5.22. The van der Waals surface area contributed by atoms with Crippen LogP contribution in [0.5, 0.6) is 0 Å². The average molecular weight is 399 g/mol. The van der Waals surface area contributed by atoms with Crippen LogP contribution in [0, 0.1) is 0 Å². The van der Waals surface area contributed by atoms with Gasteiger partial charge in [-0.1, -0.05) is 23.2 Å². The van der Waals surface area contributed by atoms with Crippen LogP contribution in [-0.2, 0) is 10.0 Å². The number of carbonyl (C=O) groups excluding carboxylic acids is 1. The van der Waals surface area contributed by atoms with E-state index in [0.717, 1.165) is 6.42 Å². The van der Waals surface area contributed by atoms with E-state index in [4.69, 9.17) is 23.2 Å². The molecule has 0 aromatic heterocycles. The molecule has 1 heterocycles. The molecule has 1 fully saturated rings. The maximum absolute atomic E-state index is 12.2. The van der Waals surface area contributed by atoms with E-state index in [1.54, 1.807) is 42.5 Å². The zero-order valence-electron chi connectivity index (χ0n) is 13.2. The first-order valence-corrected chi connectivity index (χ1v) is 10.1. The van der Waals surface area contributed by atoms with Crippen molar-refractivity contribution in [3.05, 3.63) is 58.1 Å². The normalized spacial score (nSPS) is 16.5. The molecule has 2 aromatic rings. The van der Waals surface area contributed by atoms with E-state index in [2.05, 4.69) is 5.32 Å². The molecule has 5 nitrogen and oxygen atoms in total. The summed E-state index contributed by atoms with van der Waals surface area (Å²) < 4.78 is 25.7. The van der Waals surface area contributed by atoms with Crippen molar-refractivity contribution >= 4 is 50.5 Å². The molecule has 0 aliphatic carbocycles. The summed E-state index contributed by atoms with van der Waals surface area (Å²) >= 11 is 12.1. The minimum Gasteiger partial charge on any atom is -0.322 e. The lowest BCUT2D eigenvalue weighted by atomic mass is 10.2. The Labute approximate surface area is 156 Å². The van der Waals surface area contributed by atoms with Crippen LogP contribution >= 0.6 is 23.2 Å². The second-order valence-electron chi connectivity index (χ2n) is 5.72. The Morgan fingerprint density at radius 2 is 1.76 bits per heavy atom. The maximum atomic E-state index is 12.2. The number of hydrogen-bond donors (Lipinski definition) is 1. The van der Waals surface area contributed by atoms with Gasteiger partial charge in [0.2, 0.25) is 10.0 Å². The monoisotopic (exact) mass is 398 g/mol. The van der Waals surface area contributed by atoms with Gasteiger partial charge in [0.15, 0.2) is 0 Å². The molecule has 1 aliphatic rings. The second-order valence-corrected chi connectivity index (χ2v) is 8.58. The molecule has 8 heteroatoms. The largest absolute Gasteiger partial charge is 0.322 e. The lowest BCUT2D eigenvalue weighted by Crippen LogP contribution is -2.38. The van der Waals surface area contributed by atoms with Crippen molar-refractivity contribution in [2.24, 2.45) is 0 Å². The van der Waals surface area contributed by atoms with Crippen molar-refractivity contribution in [2.45, 2.75) is 12.8 Å². The van der Waals surface area contributed by atoms with Crippen molar-refractivity contribution in [3.8, 4) is 0 Å². The van der Waals surface area contributed by atoms with Gasteiger partial charge in [-0.2, -0.15) is 0 Å². The number of benzene rings is 2. The molecule has 0 spiro atoms. The van der Waals surface area contributed by atoms with E-state index < -0.39 is 10.0 Å². The van der Waals surface area contributed by atoms with Crippen LogP contribution in [0.4, 0.5) is 11.4 Å². The number of anilines is 2. The Hall–Kier alpha value is -1.76. The minimum absolute atomic E-state index is 0.123. The van der Waals surface area contributed by atoms with Gasteiger partial charge >= 0.3 is 0 Å². The molecular weight excluding hydrogens is 383 g/mol. The number of halogens is 2. The van der Waals surface area contributed by atoms with Crippen molar-refractivity contribution in [1.29, 1.82) is 0 Å². The molecule has 132 valence electrons. The lowest BCUT2D eigenvalue weighted by molar-refractivity contribution is 0.102. The van der Waals surface area contributed by atoms with E-state index in [1.807, 2.05) is 0 Å². The van der Waals surface area contributed by atoms with Gasteiger partial charge in [0.1, 0.15) is 0 Å². The van der Waals surface area contributed by atoms with Crippen molar-refractivity contribution in [3.63, 3.8) is 0 Å². The van der Waals surface area contributed by atoms with Crippen LogP contribution in [-0.4, -0.2) is 26.6 Å². The maximum Gasteiger partial charge on any atom is 0.255 e. The molecule has 0 atom stereocenters. The number of nitrogens with zero attached hydrogens (tertiary/aromatic N) is 1. The number of rotatable bonds is 3. The zero-order valence-corrected chi connectivity index (χ0v) is 15.5. The molecule has 25 heavy (non-hydrogen) atoms. The van der Waals surface area contributed by atoms with Gasteiger partial charge in [-0.05, 0) is 55.3 Å². The third kappa shape index (κ3) is 4.08. The summed E-state index contributed by atoms with van der Waals surface area (Å²) in [5, 5.41) is 3.56. The van der Waals surface area contributed by atoms with Crippen molar-refractivity contribution in [1.82, 2.24) is 0 Å². The van der Waals surface area contributed by atoms with Gasteiger partial charge in [0.05, 0.1) is 16.5 Å². The first-order chi connectivity index (χ1) is 11.9. The quantitative estimate of drug-likeness (QED) is 0.842. The summed E-state index contributed by atoms with van der Waals surface area (Å²) in [5.41, 5.74) is 1.39. The molecule has 1 amide bonds. The fraction of sp³-hybridized carbons (Fsp3) is 0.235. The summed E-state index contributed by atoms with van der Waals surface area (Å²) in [4.78, 5) is 12.2. The predicted octanol–water partition coefficient (Wildman–Crippen LogP) is 4.18. The van der Waals surface area contributed by atoms with Crippen LogP contribution in [0.2, 0.25) is 10.0 Å². The standard InChI is InChI=1S/C17H16Cl2N2O3S/c18-13-5-3-12(4-6-13)17(22)20-14-7-8-16(15(19)11-14)21-9-1-2-10-25(21,23)24/h3-8,11H,1-2,9-10H2,(H,20,22). The fourth-order valence-electron chi connectivity index (χ4n) is 2.65. The summed E-state index contributed by atoms with van der Waals surface area (Å²) in [6, 6.07) is 11.3. The van der Waals surface area contributed by atoms with Crippen LogP contribution < -0.4 is 9.62 Å². The van der Waals surface area contributed by atoms with Gasteiger partial charge in [0, 0.05) is 22.8 Å². The van der Waals surface area contributed by atoms with Gasteiger partial charge in [-0.25, -0.2) is 8.42 Å². The van der Waals surface area contributed by atoms with Gasteiger partial charge < -0.3 is 5.32 Å². The number of carbonyl (C=O) groups is 1. The molecule has 1 aliphatic heterocycles. The fourth-order valence-corrected chi connectivity index (χ4v) is 4.77. The Morgan fingerprint density at radius 1 is 1.04 bits per heavy atom. The zero-order chi connectivity index (χ0) is 18.0. The molecule has 1 N–H and O–H groups in total. The van der Waals surface area contributed by atoms with Crippen LogP contribution in [0.3, 0.4) is 0 Å². The highest BCUT2D eigenvalue weighted by Gasteiger charge is 2.27. The molecule has 0 saturated carbocycles. The highest BCUT2D eigenvalue weighted by molar-refractivity contribution is 7.92.